The maximum atomic E-state index is 12.9. The summed E-state index contributed by atoms with van der Waals surface area (Å²) in [5, 5.41) is 12.5. The van der Waals surface area contributed by atoms with E-state index in [1.54, 1.807) is 6.07 Å². The summed E-state index contributed by atoms with van der Waals surface area (Å²) in [5.74, 6) is 0.111. The highest BCUT2D eigenvalue weighted by Gasteiger charge is 2.06. The molecule has 2 N–H and O–H groups in total. The molecular formula is C12H18FNO. The molecule has 3 heteroatoms. The van der Waals surface area contributed by atoms with Crippen molar-refractivity contribution in [2.45, 2.75) is 33.4 Å². The number of halogens is 1. The fourth-order valence-corrected chi connectivity index (χ4v) is 1.25. The minimum atomic E-state index is -0.399. The Morgan fingerprint density at radius 1 is 1.27 bits per heavy atom. The van der Waals surface area contributed by atoms with Gasteiger partial charge in [0.2, 0.25) is 0 Å². The zero-order chi connectivity index (χ0) is 11.4. The number of aromatic hydroxyl groups is 1. The highest BCUT2D eigenvalue weighted by Crippen LogP contribution is 2.14. The van der Waals surface area contributed by atoms with Gasteiger partial charge >= 0.3 is 0 Å². The third kappa shape index (κ3) is 3.88. The lowest BCUT2D eigenvalue weighted by molar-refractivity contribution is 0.424. The molecule has 0 aliphatic carbocycles. The number of nitrogens with one attached hydrogen (secondary N) is 1. The third-order valence-electron chi connectivity index (χ3n) is 2.57. The van der Waals surface area contributed by atoms with Crippen molar-refractivity contribution in [2.75, 3.05) is 0 Å². The Morgan fingerprint density at radius 3 is 2.47 bits per heavy atom. The molecule has 1 rings (SSSR count). The molecule has 0 spiro atoms. The average Bonchev–Trinajstić information content (AvgIpc) is 2.12. The Hall–Kier alpha value is -1.09. The van der Waals surface area contributed by atoms with Crippen molar-refractivity contribution in [1.82, 2.24) is 5.32 Å². The van der Waals surface area contributed by atoms with Gasteiger partial charge < -0.3 is 10.4 Å². The van der Waals surface area contributed by atoms with Crippen LogP contribution in [0.2, 0.25) is 0 Å². The van der Waals surface area contributed by atoms with Crippen LogP contribution in [0.15, 0.2) is 18.2 Å². The molecule has 1 aromatic rings. The normalized spacial score (nSPS) is 13.1. The minimum Gasteiger partial charge on any atom is -0.508 e. The lowest BCUT2D eigenvalue weighted by Crippen LogP contribution is -2.30. The number of rotatable bonds is 4. The molecule has 15 heavy (non-hydrogen) atoms. The van der Waals surface area contributed by atoms with Crippen LogP contribution in [0, 0.1) is 11.7 Å². The van der Waals surface area contributed by atoms with Crippen molar-refractivity contribution < 1.29 is 9.50 Å². The van der Waals surface area contributed by atoms with E-state index in [4.69, 9.17) is 0 Å². The molecule has 0 bridgehead atoms. The third-order valence-corrected chi connectivity index (χ3v) is 2.57. The maximum absolute atomic E-state index is 12.9. The first-order chi connectivity index (χ1) is 6.99. The van der Waals surface area contributed by atoms with Gasteiger partial charge in [0, 0.05) is 18.7 Å². The summed E-state index contributed by atoms with van der Waals surface area (Å²) in [5.41, 5.74) is 0.764. The van der Waals surface area contributed by atoms with Crippen molar-refractivity contribution in [3.63, 3.8) is 0 Å². The largest absolute Gasteiger partial charge is 0.508 e. The molecule has 84 valence electrons. The molecule has 1 unspecified atom stereocenters. The van der Waals surface area contributed by atoms with Crippen molar-refractivity contribution in [2.24, 2.45) is 5.92 Å². The predicted molar refractivity (Wildman–Crippen MR) is 59.2 cm³/mol. The number of benzene rings is 1. The quantitative estimate of drug-likeness (QED) is 0.802. The van der Waals surface area contributed by atoms with Gasteiger partial charge in [0.25, 0.3) is 0 Å². The summed E-state index contributed by atoms with van der Waals surface area (Å²) >= 11 is 0. The molecular weight excluding hydrogens is 193 g/mol. The Balaban J connectivity index is 2.57. The molecule has 0 saturated carbocycles. The molecule has 0 radical (unpaired) electrons. The van der Waals surface area contributed by atoms with E-state index in [9.17, 15) is 9.50 Å². The van der Waals surface area contributed by atoms with Gasteiger partial charge in [-0.1, -0.05) is 13.8 Å². The van der Waals surface area contributed by atoms with Crippen LogP contribution in [0.4, 0.5) is 4.39 Å². The van der Waals surface area contributed by atoms with E-state index < -0.39 is 5.82 Å². The van der Waals surface area contributed by atoms with E-state index in [2.05, 4.69) is 26.1 Å². The Labute approximate surface area is 90.1 Å². The Morgan fingerprint density at radius 2 is 1.93 bits per heavy atom. The summed E-state index contributed by atoms with van der Waals surface area (Å²) < 4.78 is 12.9. The zero-order valence-electron chi connectivity index (χ0n) is 9.42. The molecule has 0 fully saturated rings. The van der Waals surface area contributed by atoms with Crippen molar-refractivity contribution in [3.8, 4) is 5.75 Å². The van der Waals surface area contributed by atoms with Crippen LogP contribution in [-0.4, -0.2) is 11.1 Å². The van der Waals surface area contributed by atoms with Gasteiger partial charge in [0.1, 0.15) is 11.6 Å². The second-order valence-electron chi connectivity index (χ2n) is 4.23. The Bertz CT molecular complexity index is 305. The lowest BCUT2D eigenvalue weighted by atomic mass is 10.1. The van der Waals surface area contributed by atoms with Crippen molar-refractivity contribution in [1.29, 1.82) is 0 Å². The number of hydrogen-bond acceptors (Lipinski definition) is 2. The first-order valence-electron chi connectivity index (χ1n) is 5.21. The maximum Gasteiger partial charge on any atom is 0.127 e. The van der Waals surface area contributed by atoms with Crippen LogP contribution in [0.1, 0.15) is 26.3 Å². The van der Waals surface area contributed by atoms with Crippen LogP contribution in [0.5, 0.6) is 5.75 Å². The highest BCUT2D eigenvalue weighted by molar-refractivity contribution is 5.28. The van der Waals surface area contributed by atoms with Crippen LogP contribution < -0.4 is 5.32 Å². The van der Waals surface area contributed by atoms with E-state index in [1.165, 1.54) is 6.07 Å². The fraction of sp³-hybridized carbons (Fsp3) is 0.500. The average molecular weight is 211 g/mol. The Kier molecular flexibility index (Phi) is 4.09. The second kappa shape index (κ2) is 5.12. The molecule has 0 heterocycles. The molecule has 0 saturated heterocycles. The zero-order valence-corrected chi connectivity index (χ0v) is 9.42. The summed E-state index contributed by atoms with van der Waals surface area (Å²) in [4.78, 5) is 0. The molecule has 0 aliphatic rings. The van der Waals surface area contributed by atoms with Gasteiger partial charge in [-0.15, -0.1) is 0 Å². The first-order valence-corrected chi connectivity index (χ1v) is 5.21. The van der Waals surface area contributed by atoms with E-state index in [1.807, 2.05) is 0 Å². The van der Waals surface area contributed by atoms with Crippen LogP contribution in [0.3, 0.4) is 0 Å². The van der Waals surface area contributed by atoms with Crippen LogP contribution >= 0.6 is 0 Å². The van der Waals surface area contributed by atoms with E-state index in [-0.39, 0.29) is 5.75 Å². The van der Waals surface area contributed by atoms with E-state index >= 15 is 0 Å². The molecule has 0 aliphatic heterocycles. The molecule has 1 aromatic carbocycles. The van der Waals surface area contributed by atoms with Gasteiger partial charge in [0.15, 0.2) is 0 Å². The first kappa shape index (κ1) is 12.0. The summed E-state index contributed by atoms with van der Waals surface area (Å²) in [7, 11) is 0. The monoisotopic (exact) mass is 211 g/mol. The molecule has 0 amide bonds. The van der Waals surface area contributed by atoms with Gasteiger partial charge in [-0.3, -0.25) is 0 Å². The highest BCUT2D eigenvalue weighted by atomic mass is 19.1. The van der Waals surface area contributed by atoms with E-state index in [0.29, 0.717) is 18.5 Å². The van der Waals surface area contributed by atoms with Gasteiger partial charge in [-0.25, -0.2) is 4.39 Å². The number of hydrogen-bond donors (Lipinski definition) is 2. The van der Waals surface area contributed by atoms with Crippen molar-refractivity contribution >= 4 is 0 Å². The van der Waals surface area contributed by atoms with Gasteiger partial charge in [-0.2, -0.15) is 0 Å². The smallest absolute Gasteiger partial charge is 0.127 e. The second-order valence-corrected chi connectivity index (χ2v) is 4.23. The molecule has 0 aromatic heterocycles. The summed E-state index contributed by atoms with van der Waals surface area (Å²) in [6.45, 7) is 6.91. The fourth-order valence-electron chi connectivity index (χ4n) is 1.25. The van der Waals surface area contributed by atoms with Crippen LogP contribution in [0.25, 0.3) is 0 Å². The summed E-state index contributed by atoms with van der Waals surface area (Å²) in [6.07, 6.45) is 0. The predicted octanol–water partition coefficient (Wildman–Crippen LogP) is 2.67. The summed E-state index contributed by atoms with van der Waals surface area (Å²) in [6, 6.07) is 4.48. The molecule has 2 nitrogen and oxygen atoms in total. The minimum absolute atomic E-state index is 0.0241. The lowest BCUT2D eigenvalue weighted by Gasteiger charge is -2.17. The standard InChI is InChI=1S/C12H18FNO/c1-8(2)9(3)14-7-10-4-11(13)6-12(15)5-10/h4-6,8-9,14-15H,7H2,1-3H3. The van der Waals surface area contributed by atoms with Gasteiger partial charge in [-0.05, 0) is 30.5 Å². The van der Waals surface area contributed by atoms with Crippen LogP contribution in [-0.2, 0) is 6.54 Å². The SMILES string of the molecule is CC(C)C(C)NCc1cc(O)cc(F)c1. The van der Waals surface area contributed by atoms with Crippen molar-refractivity contribution in [3.05, 3.63) is 29.6 Å². The number of phenolic OH excluding ortho intramolecular Hbond substituents is 1. The molecule has 1 atom stereocenters. The number of phenols is 1. The van der Waals surface area contributed by atoms with E-state index in [0.717, 1.165) is 11.6 Å². The van der Waals surface area contributed by atoms with Gasteiger partial charge in [0.05, 0.1) is 0 Å². The topological polar surface area (TPSA) is 32.3 Å².